The molecule has 112 valence electrons. The van der Waals surface area contributed by atoms with Gasteiger partial charge in [0, 0.05) is 11.9 Å². The van der Waals surface area contributed by atoms with Gasteiger partial charge in [-0.3, -0.25) is 14.5 Å². The van der Waals surface area contributed by atoms with Gasteiger partial charge < -0.3 is 9.72 Å². The summed E-state index contributed by atoms with van der Waals surface area (Å²) in [6.07, 6.45) is 1.67. The maximum atomic E-state index is 12.4. The maximum absolute atomic E-state index is 12.4. The summed E-state index contributed by atoms with van der Waals surface area (Å²) < 4.78 is 4.92. The molecular weight excluding hydrogens is 292 g/mol. The van der Waals surface area contributed by atoms with E-state index < -0.39 is 5.97 Å². The largest absolute Gasteiger partial charge is 0.465 e. The molecule has 2 rings (SSSR count). The van der Waals surface area contributed by atoms with E-state index in [9.17, 15) is 9.59 Å². The SMILES string of the molecule is CCOC(=O)CN(C(=O)c1ccc[nH]1)c1ccccc1.Cl. The molecule has 1 aromatic heterocycles. The Labute approximate surface area is 129 Å². The van der Waals surface area contributed by atoms with Crippen LogP contribution in [0.25, 0.3) is 0 Å². The molecule has 0 unspecified atom stereocenters. The highest BCUT2D eigenvalue weighted by atomic mass is 35.5. The fourth-order valence-corrected chi connectivity index (χ4v) is 1.83. The molecule has 1 aromatic carbocycles. The summed E-state index contributed by atoms with van der Waals surface area (Å²) >= 11 is 0. The third-order valence-corrected chi connectivity index (χ3v) is 2.73. The van der Waals surface area contributed by atoms with Crippen LogP contribution in [0.1, 0.15) is 17.4 Å². The molecule has 5 nitrogen and oxygen atoms in total. The van der Waals surface area contributed by atoms with Crippen molar-refractivity contribution in [3.63, 3.8) is 0 Å². The second-order valence-corrected chi connectivity index (χ2v) is 4.12. The Balaban J connectivity index is 0.00000220. The van der Waals surface area contributed by atoms with Crippen LogP contribution >= 0.6 is 12.4 Å². The third-order valence-electron chi connectivity index (χ3n) is 2.73. The predicted octanol–water partition coefficient (Wildman–Crippen LogP) is 2.65. The van der Waals surface area contributed by atoms with Gasteiger partial charge in [0.25, 0.3) is 5.91 Å². The zero-order valence-electron chi connectivity index (χ0n) is 11.6. The number of esters is 1. The van der Waals surface area contributed by atoms with E-state index in [-0.39, 0.29) is 31.5 Å². The molecule has 6 heteroatoms. The number of nitrogens with zero attached hydrogens (tertiary/aromatic N) is 1. The van der Waals surface area contributed by atoms with Crippen molar-refractivity contribution in [2.75, 3.05) is 18.1 Å². The van der Waals surface area contributed by atoms with Gasteiger partial charge in [-0.05, 0) is 31.2 Å². The van der Waals surface area contributed by atoms with Gasteiger partial charge in [0.05, 0.1) is 6.61 Å². The van der Waals surface area contributed by atoms with E-state index in [0.717, 1.165) is 0 Å². The average Bonchev–Trinajstić information content (AvgIpc) is 2.99. The highest BCUT2D eigenvalue weighted by Crippen LogP contribution is 2.16. The van der Waals surface area contributed by atoms with Crippen molar-refractivity contribution in [2.45, 2.75) is 6.92 Å². The number of aromatic amines is 1. The number of benzene rings is 1. The number of aromatic nitrogens is 1. The first kappa shape index (κ1) is 16.8. The Bertz CT molecular complexity index is 570. The molecule has 0 saturated heterocycles. The lowest BCUT2D eigenvalue weighted by Crippen LogP contribution is -2.36. The van der Waals surface area contributed by atoms with Gasteiger partial charge in [0.15, 0.2) is 0 Å². The number of hydrogen-bond acceptors (Lipinski definition) is 3. The number of hydrogen-bond donors (Lipinski definition) is 1. The van der Waals surface area contributed by atoms with Gasteiger partial charge in [-0.25, -0.2) is 0 Å². The third kappa shape index (κ3) is 4.36. The number of rotatable bonds is 5. The van der Waals surface area contributed by atoms with Gasteiger partial charge in [0.2, 0.25) is 0 Å². The highest BCUT2D eigenvalue weighted by Gasteiger charge is 2.21. The number of carbonyl (C=O) groups excluding carboxylic acids is 2. The molecule has 0 fully saturated rings. The minimum Gasteiger partial charge on any atom is -0.465 e. The van der Waals surface area contributed by atoms with Crippen LogP contribution < -0.4 is 4.90 Å². The van der Waals surface area contributed by atoms with Crippen molar-refractivity contribution in [2.24, 2.45) is 0 Å². The van der Waals surface area contributed by atoms with Crippen LogP contribution in [0.5, 0.6) is 0 Å². The van der Waals surface area contributed by atoms with Gasteiger partial charge in [-0.1, -0.05) is 18.2 Å². The van der Waals surface area contributed by atoms with E-state index >= 15 is 0 Å². The summed E-state index contributed by atoms with van der Waals surface area (Å²) in [4.78, 5) is 28.3. The van der Waals surface area contributed by atoms with Gasteiger partial charge in [0.1, 0.15) is 12.2 Å². The lowest BCUT2D eigenvalue weighted by Gasteiger charge is -2.21. The van der Waals surface area contributed by atoms with Crippen molar-refractivity contribution in [1.29, 1.82) is 0 Å². The zero-order chi connectivity index (χ0) is 14.4. The molecule has 0 saturated carbocycles. The Kier molecular flexibility index (Phi) is 6.49. The van der Waals surface area contributed by atoms with E-state index in [1.807, 2.05) is 18.2 Å². The number of H-pyrrole nitrogens is 1. The maximum Gasteiger partial charge on any atom is 0.326 e. The van der Waals surface area contributed by atoms with Crippen molar-refractivity contribution in [1.82, 2.24) is 4.98 Å². The summed E-state index contributed by atoms with van der Waals surface area (Å²) in [7, 11) is 0. The Hall–Kier alpha value is -2.27. The quantitative estimate of drug-likeness (QED) is 0.864. The average molecular weight is 309 g/mol. The second kappa shape index (κ2) is 8.11. The number of carbonyl (C=O) groups is 2. The highest BCUT2D eigenvalue weighted by molar-refractivity contribution is 6.07. The molecule has 21 heavy (non-hydrogen) atoms. The molecule has 0 spiro atoms. The normalized spacial score (nSPS) is 9.57. The topological polar surface area (TPSA) is 62.4 Å². The minimum atomic E-state index is -0.434. The second-order valence-electron chi connectivity index (χ2n) is 4.12. The molecular formula is C15H17ClN2O3. The fraction of sp³-hybridized carbons (Fsp3) is 0.200. The van der Waals surface area contributed by atoms with Gasteiger partial charge in [-0.2, -0.15) is 0 Å². The van der Waals surface area contributed by atoms with Crippen LogP contribution in [0, 0.1) is 0 Å². The van der Waals surface area contributed by atoms with Gasteiger partial charge in [-0.15, -0.1) is 12.4 Å². The number of para-hydroxylation sites is 1. The molecule has 0 aliphatic heterocycles. The molecule has 0 aliphatic rings. The van der Waals surface area contributed by atoms with Crippen LogP contribution in [0.15, 0.2) is 48.7 Å². The first-order chi connectivity index (χ1) is 9.72. The summed E-state index contributed by atoms with van der Waals surface area (Å²) in [6, 6.07) is 12.4. The standard InChI is InChI=1S/C15H16N2O3.ClH/c1-2-20-14(18)11-17(12-7-4-3-5-8-12)15(19)13-9-6-10-16-13;/h3-10,16H,2,11H2,1H3;1H. The van der Waals surface area contributed by atoms with Crippen molar-refractivity contribution in [3.8, 4) is 0 Å². The van der Waals surface area contributed by atoms with E-state index in [4.69, 9.17) is 4.74 Å². The molecule has 0 bridgehead atoms. The number of halogens is 1. The van der Waals surface area contributed by atoms with E-state index in [0.29, 0.717) is 11.4 Å². The van der Waals surface area contributed by atoms with Crippen molar-refractivity contribution < 1.29 is 14.3 Å². The molecule has 1 amide bonds. The zero-order valence-corrected chi connectivity index (χ0v) is 12.4. The first-order valence-electron chi connectivity index (χ1n) is 6.38. The molecule has 0 aliphatic carbocycles. The summed E-state index contributed by atoms with van der Waals surface area (Å²) in [5, 5.41) is 0. The molecule has 2 aromatic rings. The lowest BCUT2D eigenvalue weighted by molar-refractivity contribution is -0.141. The Morgan fingerprint density at radius 1 is 1.14 bits per heavy atom. The molecule has 0 atom stereocenters. The van der Waals surface area contributed by atoms with Crippen molar-refractivity contribution >= 4 is 30.0 Å². The molecule has 1 N–H and O–H groups in total. The molecule has 0 radical (unpaired) electrons. The Morgan fingerprint density at radius 2 is 1.86 bits per heavy atom. The summed E-state index contributed by atoms with van der Waals surface area (Å²) in [5.74, 6) is -0.703. The Morgan fingerprint density at radius 3 is 2.43 bits per heavy atom. The number of amides is 1. The smallest absolute Gasteiger partial charge is 0.326 e. The number of anilines is 1. The molecule has 1 heterocycles. The van der Waals surface area contributed by atoms with Crippen LogP contribution in [0.3, 0.4) is 0 Å². The number of nitrogens with one attached hydrogen (secondary N) is 1. The van der Waals surface area contributed by atoms with E-state index in [1.165, 1.54) is 4.90 Å². The van der Waals surface area contributed by atoms with E-state index in [2.05, 4.69) is 4.98 Å². The minimum absolute atomic E-state index is 0. The summed E-state index contributed by atoms with van der Waals surface area (Å²) in [6.45, 7) is 1.91. The predicted molar refractivity (Wildman–Crippen MR) is 82.8 cm³/mol. The first-order valence-corrected chi connectivity index (χ1v) is 6.38. The van der Waals surface area contributed by atoms with E-state index in [1.54, 1.807) is 37.4 Å². The fourth-order valence-electron chi connectivity index (χ4n) is 1.83. The van der Waals surface area contributed by atoms with Crippen LogP contribution in [0.4, 0.5) is 5.69 Å². The number of ether oxygens (including phenoxy) is 1. The van der Waals surface area contributed by atoms with Crippen LogP contribution in [-0.2, 0) is 9.53 Å². The lowest BCUT2D eigenvalue weighted by atomic mass is 10.2. The van der Waals surface area contributed by atoms with Gasteiger partial charge >= 0.3 is 5.97 Å². The van der Waals surface area contributed by atoms with Crippen LogP contribution in [0.2, 0.25) is 0 Å². The van der Waals surface area contributed by atoms with Crippen molar-refractivity contribution in [3.05, 3.63) is 54.4 Å². The monoisotopic (exact) mass is 308 g/mol. The summed E-state index contributed by atoms with van der Waals surface area (Å²) in [5.41, 5.74) is 1.08. The van der Waals surface area contributed by atoms with Crippen LogP contribution in [-0.4, -0.2) is 30.0 Å².